The zero-order chi connectivity index (χ0) is 13.0. The van der Waals surface area contributed by atoms with Crippen molar-refractivity contribution < 1.29 is 9.53 Å². The number of rotatable bonds is 3. The van der Waals surface area contributed by atoms with Crippen molar-refractivity contribution in [2.75, 3.05) is 60.0 Å². The quantitative estimate of drug-likeness (QED) is 0.704. The lowest BCUT2D eigenvalue weighted by atomic mass is 10.0. The largest absolute Gasteiger partial charge is 0.379 e. The van der Waals surface area contributed by atoms with Gasteiger partial charge in [0, 0.05) is 32.2 Å². The van der Waals surface area contributed by atoms with Gasteiger partial charge in [-0.05, 0) is 26.9 Å². The van der Waals surface area contributed by atoms with E-state index in [0.29, 0.717) is 12.6 Å². The third-order valence-corrected chi connectivity index (χ3v) is 4.01. The van der Waals surface area contributed by atoms with Gasteiger partial charge < -0.3 is 14.5 Å². The highest BCUT2D eigenvalue weighted by Gasteiger charge is 2.25. The number of hydrogen-bond acceptors (Lipinski definition) is 4. The van der Waals surface area contributed by atoms with Crippen LogP contribution in [0.2, 0.25) is 0 Å². The number of carbonyl (C=O) groups is 1. The molecule has 5 nitrogen and oxygen atoms in total. The molecule has 0 spiro atoms. The van der Waals surface area contributed by atoms with E-state index in [4.69, 9.17) is 4.74 Å². The summed E-state index contributed by atoms with van der Waals surface area (Å²) in [5.74, 6) is 0.286. The van der Waals surface area contributed by atoms with Crippen molar-refractivity contribution in [1.29, 1.82) is 0 Å². The summed E-state index contributed by atoms with van der Waals surface area (Å²) < 4.78 is 5.30. The first kappa shape index (κ1) is 13.8. The van der Waals surface area contributed by atoms with Gasteiger partial charge in [-0.15, -0.1) is 0 Å². The molecule has 0 radical (unpaired) electrons. The van der Waals surface area contributed by atoms with Crippen molar-refractivity contribution in [2.45, 2.75) is 18.9 Å². The summed E-state index contributed by atoms with van der Waals surface area (Å²) in [6, 6.07) is 0.637. The van der Waals surface area contributed by atoms with Crippen LogP contribution in [0.1, 0.15) is 12.8 Å². The Balaban J connectivity index is 1.73. The lowest BCUT2D eigenvalue weighted by molar-refractivity contribution is -0.134. The van der Waals surface area contributed by atoms with Crippen LogP contribution in [0.3, 0.4) is 0 Å². The number of ether oxygens (including phenoxy) is 1. The number of hydrogen-bond donors (Lipinski definition) is 0. The van der Waals surface area contributed by atoms with Crippen LogP contribution >= 0.6 is 0 Å². The lowest BCUT2D eigenvalue weighted by Crippen LogP contribution is -2.49. The summed E-state index contributed by atoms with van der Waals surface area (Å²) >= 11 is 0. The molecule has 2 fully saturated rings. The van der Waals surface area contributed by atoms with Gasteiger partial charge >= 0.3 is 0 Å². The van der Waals surface area contributed by atoms with E-state index < -0.39 is 0 Å². The third kappa shape index (κ3) is 3.67. The monoisotopic (exact) mass is 255 g/mol. The fourth-order valence-corrected chi connectivity index (χ4v) is 2.68. The first-order valence-electron chi connectivity index (χ1n) is 6.91. The van der Waals surface area contributed by atoms with E-state index in [9.17, 15) is 4.79 Å². The number of amides is 1. The molecule has 0 aromatic carbocycles. The minimum atomic E-state index is 0.286. The second kappa shape index (κ2) is 6.50. The van der Waals surface area contributed by atoms with Gasteiger partial charge in [0.25, 0.3) is 0 Å². The highest BCUT2D eigenvalue weighted by Crippen LogP contribution is 2.14. The number of carbonyl (C=O) groups excluding carboxylic acids is 1. The smallest absolute Gasteiger partial charge is 0.236 e. The molecular formula is C13H25N3O2. The van der Waals surface area contributed by atoms with Gasteiger partial charge in [-0.25, -0.2) is 0 Å². The number of morpholine rings is 1. The average molecular weight is 255 g/mol. The molecule has 0 atom stereocenters. The molecule has 1 amide bonds. The summed E-state index contributed by atoms with van der Waals surface area (Å²) in [6.45, 7) is 5.68. The highest BCUT2D eigenvalue weighted by atomic mass is 16.5. The molecule has 18 heavy (non-hydrogen) atoms. The molecule has 2 aliphatic rings. The Morgan fingerprint density at radius 1 is 1.17 bits per heavy atom. The maximum absolute atomic E-state index is 12.2. The van der Waals surface area contributed by atoms with E-state index in [2.05, 4.69) is 23.9 Å². The van der Waals surface area contributed by atoms with Gasteiger partial charge in [0.1, 0.15) is 0 Å². The van der Waals surface area contributed by atoms with Crippen LogP contribution in [0, 0.1) is 0 Å². The summed E-state index contributed by atoms with van der Waals surface area (Å²) in [4.78, 5) is 18.7. The van der Waals surface area contributed by atoms with Crippen LogP contribution in [0.25, 0.3) is 0 Å². The lowest BCUT2D eigenvalue weighted by Gasteiger charge is -2.36. The highest BCUT2D eigenvalue weighted by molar-refractivity contribution is 5.78. The van der Waals surface area contributed by atoms with E-state index in [0.717, 1.165) is 52.2 Å². The summed E-state index contributed by atoms with van der Waals surface area (Å²) in [5, 5.41) is 0. The average Bonchev–Trinajstić information content (AvgIpc) is 2.40. The molecule has 0 aromatic heterocycles. The Kier molecular flexibility index (Phi) is 4.97. The summed E-state index contributed by atoms with van der Waals surface area (Å²) in [5.41, 5.74) is 0. The van der Waals surface area contributed by atoms with Crippen LogP contribution in [0.5, 0.6) is 0 Å². The second-order valence-electron chi connectivity index (χ2n) is 5.46. The zero-order valence-corrected chi connectivity index (χ0v) is 11.6. The van der Waals surface area contributed by atoms with Gasteiger partial charge in [0.2, 0.25) is 5.91 Å². The number of piperidine rings is 1. The Labute approximate surface area is 110 Å². The first-order chi connectivity index (χ1) is 8.66. The second-order valence-corrected chi connectivity index (χ2v) is 5.46. The molecule has 2 rings (SSSR count). The van der Waals surface area contributed by atoms with Crippen LogP contribution in [-0.2, 0) is 9.53 Å². The normalized spacial score (nSPS) is 23.6. The Bertz CT molecular complexity index is 269. The van der Waals surface area contributed by atoms with Crippen molar-refractivity contribution in [3.05, 3.63) is 0 Å². The minimum absolute atomic E-state index is 0.286. The molecule has 0 aromatic rings. The maximum Gasteiger partial charge on any atom is 0.236 e. The predicted molar refractivity (Wildman–Crippen MR) is 70.5 cm³/mol. The van der Waals surface area contributed by atoms with E-state index in [-0.39, 0.29) is 5.91 Å². The molecule has 0 aliphatic carbocycles. The van der Waals surface area contributed by atoms with Gasteiger partial charge in [-0.2, -0.15) is 0 Å². The third-order valence-electron chi connectivity index (χ3n) is 4.01. The Morgan fingerprint density at radius 3 is 2.33 bits per heavy atom. The molecular weight excluding hydrogens is 230 g/mol. The van der Waals surface area contributed by atoms with Gasteiger partial charge in [0.15, 0.2) is 0 Å². The van der Waals surface area contributed by atoms with E-state index >= 15 is 0 Å². The standard InChI is InChI=1S/C13H25N3O2/c1-14(2)12-3-5-16(6-4-12)13(17)11-15-7-9-18-10-8-15/h12H,3-11H2,1-2H3. The van der Waals surface area contributed by atoms with E-state index in [1.165, 1.54) is 0 Å². The molecule has 0 bridgehead atoms. The van der Waals surface area contributed by atoms with Crippen molar-refractivity contribution in [3.63, 3.8) is 0 Å². The topological polar surface area (TPSA) is 36.0 Å². The van der Waals surface area contributed by atoms with Crippen molar-refractivity contribution >= 4 is 5.91 Å². The molecule has 0 saturated carbocycles. The van der Waals surface area contributed by atoms with Gasteiger partial charge in [-0.3, -0.25) is 9.69 Å². The molecule has 0 unspecified atom stereocenters. The predicted octanol–water partition coefficient (Wildman–Crippen LogP) is -0.129. The van der Waals surface area contributed by atoms with Gasteiger partial charge in [0.05, 0.1) is 19.8 Å². The molecule has 2 aliphatic heterocycles. The summed E-state index contributed by atoms with van der Waals surface area (Å²) in [7, 11) is 4.24. The number of likely N-dealkylation sites (tertiary alicyclic amines) is 1. The Morgan fingerprint density at radius 2 is 1.78 bits per heavy atom. The molecule has 2 heterocycles. The summed E-state index contributed by atoms with van der Waals surface area (Å²) in [6.07, 6.45) is 2.20. The first-order valence-corrected chi connectivity index (χ1v) is 6.91. The van der Waals surface area contributed by atoms with Crippen LogP contribution in [0.4, 0.5) is 0 Å². The SMILES string of the molecule is CN(C)C1CCN(C(=O)CN2CCOCC2)CC1. The van der Waals surface area contributed by atoms with Gasteiger partial charge in [-0.1, -0.05) is 0 Å². The van der Waals surface area contributed by atoms with Crippen molar-refractivity contribution in [1.82, 2.24) is 14.7 Å². The van der Waals surface area contributed by atoms with E-state index in [1.54, 1.807) is 0 Å². The maximum atomic E-state index is 12.2. The van der Waals surface area contributed by atoms with Crippen LogP contribution < -0.4 is 0 Å². The van der Waals surface area contributed by atoms with Crippen molar-refractivity contribution in [2.24, 2.45) is 0 Å². The molecule has 5 heteroatoms. The van der Waals surface area contributed by atoms with Crippen LogP contribution in [0.15, 0.2) is 0 Å². The molecule has 104 valence electrons. The molecule has 0 N–H and O–H groups in total. The number of nitrogens with zero attached hydrogens (tertiary/aromatic N) is 3. The van der Waals surface area contributed by atoms with Crippen molar-refractivity contribution in [3.8, 4) is 0 Å². The Hall–Kier alpha value is -0.650. The molecule has 2 saturated heterocycles. The minimum Gasteiger partial charge on any atom is -0.379 e. The van der Waals surface area contributed by atoms with Crippen LogP contribution in [-0.4, -0.2) is 86.7 Å². The fraction of sp³-hybridized carbons (Fsp3) is 0.923. The fourth-order valence-electron chi connectivity index (χ4n) is 2.68. The zero-order valence-electron chi connectivity index (χ0n) is 11.6. The van der Waals surface area contributed by atoms with E-state index in [1.807, 2.05) is 4.90 Å².